The highest BCUT2D eigenvalue weighted by molar-refractivity contribution is 6.46. The van der Waals surface area contributed by atoms with Gasteiger partial charge in [0.15, 0.2) is 0 Å². The molecule has 1 aliphatic heterocycles. The Morgan fingerprint density at radius 3 is 2.33 bits per heavy atom. The second kappa shape index (κ2) is 7.00. The summed E-state index contributed by atoms with van der Waals surface area (Å²) >= 11 is 0. The van der Waals surface area contributed by atoms with Crippen LogP contribution >= 0.6 is 0 Å². The Morgan fingerprint density at radius 1 is 0.767 bits per heavy atom. The number of benzene rings is 2. The molecule has 0 unspecified atom stereocenters. The van der Waals surface area contributed by atoms with Gasteiger partial charge >= 0.3 is 0 Å². The number of hydrogen-bond donors (Lipinski definition) is 1. The molecule has 0 radical (unpaired) electrons. The van der Waals surface area contributed by atoms with Crippen molar-refractivity contribution in [1.29, 1.82) is 0 Å². The van der Waals surface area contributed by atoms with Gasteiger partial charge in [-0.3, -0.25) is 19.3 Å². The molecule has 3 heterocycles. The summed E-state index contributed by atoms with van der Waals surface area (Å²) in [6.45, 7) is 0.134. The Labute approximate surface area is 171 Å². The summed E-state index contributed by atoms with van der Waals surface area (Å²) in [7, 11) is 0. The maximum absolute atomic E-state index is 13.5. The van der Waals surface area contributed by atoms with E-state index in [0.717, 1.165) is 16.5 Å². The summed E-state index contributed by atoms with van der Waals surface area (Å²) < 4.78 is 1.70. The molecule has 0 aliphatic carbocycles. The van der Waals surface area contributed by atoms with Crippen LogP contribution in [0.1, 0.15) is 11.1 Å². The average Bonchev–Trinajstić information content (AvgIpc) is 3.29. The van der Waals surface area contributed by atoms with Gasteiger partial charge in [0, 0.05) is 12.4 Å². The van der Waals surface area contributed by atoms with Gasteiger partial charge in [-0.05, 0) is 35.2 Å². The third-order valence-electron chi connectivity index (χ3n) is 5.25. The molecule has 0 fully saturated rings. The van der Waals surface area contributed by atoms with Crippen molar-refractivity contribution in [2.75, 3.05) is 0 Å². The molecule has 0 spiro atoms. The largest absolute Gasteiger partial charge is 0.329 e. The highest BCUT2D eigenvalue weighted by atomic mass is 16.2. The molecule has 146 valence electrons. The fourth-order valence-corrected chi connectivity index (χ4v) is 3.84. The van der Waals surface area contributed by atoms with Crippen molar-refractivity contribution in [3.8, 4) is 0 Å². The van der Waals surface area contributed by atoms with Crippen LogP contribution in [-0.2, 0) is 16.1 Å². The van der Waals surface area contributed by atoms with Crippen LogP contribution in [0.5, 0.6) is 0 Å². The van der Waals surface area contributed by atoms with Gasteiger partial charge in [-0.2, -0.15) is 0 Å². The van der Waals surface area contributed by atoms with Gasteiger partial charge in [0.1, 0.15) is 5.70 Å². The number of nitrogens with zero attached hydrogens (tertiary/aromatic N) is 2. The molecule has 6 heteroatoms. The maximum Gasteiger partial charge on any atom is 0.278 e. The van der Waals surface area contributed by atoms with Crippen molar-refractivity contribution in [3.05, 3.63) is 107 Å². The number of aromatic nitrogens is 2. The number of H-pyrrole nitrogens is 1. The molecule has 6 nitrogen and oxygen atoms in total. The molecule has 5 rings (SSSR count). The molecule has 1 N–H and O–H groups in total. The zero-order chi connectivity index (χ0) is 20.7. The summed E-state index contributed by atoms with van der Waals surface area (Å²) in [5, 5.41) is 0.938. The first-order valence-corrected chi connectivity index (χ1v) is 9.54. The number of hydrogen-bond acceptors (Lipinski definition) is 3. The molecule has 2 aromatic heterocycles. The minimum Gasteiger partial charge on any atom is -0.329 e. The molecule has 4 aromatic rings. The summed E-state index contributed by atoms with van der Waals surface area (Å²) in [5.74, 6) is -0.906. The van der Waals surface area contributed by atoms with E-state index in [2.05, 4.69) is 4.98 Å². The van der Waals surface area contributed by atoms with E-state index in [1.807, 2.05) is 60.7 Å². The number of aromatic amines is 1. The maximum atomic E-state index is 13.5. The van der Waals surface area contributed by atoms with E-state index in [9.17, 15) is 14.4 Å². The third kappa shape index (κ3) is 2.78. The smallest absolute Gasteiger partial charge is 0.278 e. The molecule has 30 heavy (non-hydrogen) atoms. The Bertz CT molecular complexity index is 1380. The number of carbonyl (C=O) groups excluding carboxylic acids is 2. The number of para-hydroxylation sites is 1. The Balaban J connectivity index is 1.72. The second-order valence-corrected chi connectivity index (χ2v) is 7.06. The lowest BCUT2D eigenvalue weighted by atomic mass is 10.1. The zero-order valence-electron chi connectivity index (χ0n) is 15.9. The first-order valence-electron chi connectivity index (χ1n) is 9.54. The van der Waals surface area contributed by atoms with Crippen LogP contribution < -0.4 is 5.56 Å². The van der Waals surface area contributed by atoms with Crippen molar-refractivity contribution in [1.82, 2.24) is 14.5 Å². The minimum absolute atomic E-state index is 0.110. The van der Waals surface area contributed by atoms with Gasteiger partial charge in [0.05, 0.1) is 23.2 Å². The van der Waals surface area contributed by atoms with Gasteiger partial charge in [-0.25, -0.2) is 0 Å². The molecule has 1 aliphatic rings. The standard InChI is InChI=1S/C24H17N3O3/c28-22-18(10-6-13-25-22)20-21(26-14-12-17-9-4-5-11-19(17)26)24(30)27(23(20)29)15-16-7-2-1-3-8-16/h1-14H,15H2,(H,25,28). The van der Waals surface area contributed by atoms with Crippen molar-refractivity contribution in [2.45, 2.75) is 6.54 Å². The zero-order valence-corrected chi connectivity index (χ0v) is 15.9. The molecule has 2 amide bonds. The SMILES string of the molecule is O=C1C(c2ccc[nH]c2=O)=C(n2ccc3ccccc32)C(=O)N1Cc1ccccc1. The van der Waals surface area contributed by atoms with Gasteiger partial charge < -0.3 is 9.55 Å². The molecule has 0 saturated carbocycles. The average molecular weight is 395 g/mol. The third-order valence-corrected chi connectivity index (χ3v) is 5.25. The van der Waals surface area contributed by atoms with Crippen molar-refractivity contribution in [2.24, 2.45) is 0 Å². The van der Waals surface area contributed by atoms with E-state index in [1.54, 1.807) is 22.9 Å². The number of imide groups is 1. The number of nitrogens with one attached hydrogen (secondary N) is 1. The fraction of sp³-hybridized carbons (Fsp3) is 0.0417. The fourth-order valence-electron chi connectivity index (χ4n) is 3.84. The molecular weight excluding hydrogens is 378 g/mol. The molecule has 0 bridgehead atoms. The molecular formula is C24H17N3O3. The van der Waals surface area contributed by atoms with Gasteiger partial charge in [-0.15, -0.1) is 0 Å². The normalized spacial score (nSPS) is 14.2. The quantitative estimate of drug-likeness (QED) is 0.539. The summed E-state index contributed by atoms with van der Waals surface area (Å²) in [6, 6.07) is 22.0. The lowest BCUT2D eigenvalue weighted by Gasteiger charge is -2.15. The van der Waals surface area contributed by atoms with E-state index in [1.165, 1.54) is 11.1 Å². The predicted octanol–water partition coefficient (Wildman–Crippen LogP) is 3.27. The topological polar surface area (TPSA) is 75.2 Å². The molecule has 0 atom stereocenters. The van der Waals surface area contributed by atoms with Gasteiger partial charge in [0.2, 0.25) is 0 Å². The van der Waals surface area contributed by atoms with E-state index in [0.29, 0.717) is 0 Å². The van der Waals surface area contributed by atoms with Crippen molar-refractivity contribution >= 4 is 34.0 Å². The molecule has 2 aromatic carbocycles. The van der Waals surface area contributed by atoms with E-state index >= 15 is 0 Å². The monoisotopic (exact) mass is 395 g/mol. The lowest BCUT2D eigenvalue weighted by Crippen LogP contribution is -2.31. The summed E-state index contributed by atoms with van der Waals surface area (Å²) in [5.41, 5.74) is 1.69. The number of rotatable bonds is 4. The Hall–Kier alpha value is -4.19. The second-order valence-electron chi connectivity index (χ2n) is 7.06. The summed E-state index contributed by atoms with van der Waals surface area (Å²) in [6.07, 6.45) is 3.26. The van der Waals surface area contributed by atoms with Crippen LogP contribution in [0.25, 0.3) is 22.2 Å². The number of pyridine rings is 1. The van der Waals surface area contributed by atoms with Crippen LogP contribution in [0, 0.1) is 0 Å². The number of amides is 2. The van der Waals surface area contributed by atoms with E-state index in [4.69, 9.17) is 0 Å². The Morgan fingerprint density at radius 2 is 1.53 bits per heavy atom. The first-order chi connectivity index (χ1) is 14.6. The van der Waals surface area contributed by atoms with Crippen LogP contribution in [0.4, 0.5) is 0 Å². The minimum atomic E-state index is -0.478. The van der Waals surface area contributed by atoms with E-state index < -0.39 is 17.4 Å². The van der Waals surface area contributed by atoms with E-state index in [-0.39, 0.29) is 23.4 Å². The lowest BCUT2D eigenvalue weighted by molar-refractivity contribution is -0.136. The molecule has 0 saturated heterocycles. The summed E-state index contributed by atoms with van der Waals surface area (Å²) in [4.78, 5) is 43.2. The Kier molecular flexibility index (Phi) is 4.17. The number of fused-ring (bicyclic) bond motifs is 1. The predicted molar refractivity (Wildman–Crippen MR) is 114 cm³/mol. The van der Waals surface area contributed by atoms with Gasteiger partial charge in [0.25, 0.3) is 17.4 Å². The van der Waals surface area contributed by atoms with Crippen LogP contribution in [-0.4, -0.2) is 26.3 Å². The van der Waals surface area contributed by atoms with Gasteiger partial charge in [-0.1, -0.05) is 48.5 Å². The highest BCUT2D eigenvalue weighted by Crippen LogP contribution is 2.34. The highest BCUT2D eigenvalue weighted by Gasteiger charge is 2.41. The van der Waals surface area contributed by atoms with Crippen LogP contribution in [0.15, 0.2) is 90.0 Å². The first kappa shape index (κ1) is 17.9. The van der Waals surface area contributed by atoms with Crippen LogP contribution in [0.3, 0.4) is 0 Å². The van der Waals surface area contributed by atoms with Crippen molar-refractivity contribution < 1.29 is 9.59 Å². The number of carbonyl (C=O) groups is 2. The van der Waals surface area contributed by atoms with Crippen LogP contribution in [0.2, 0.25) is 0 Å². The van der Waals surface area contributed by atoms with Crippen molar-refractivity contribution in [3.63, 3.8) is 0 Å².